The number of aromatic nitrogens is 2. The van der Waals surface area contributed by atoms with Gasteiger partial charge in [0.15, 0.2) is 10.8 Å². The molecule has 102 valence electrons. The summed E-state index contributed by atoms with van der Waals surface area (Å²) in [6, 6.07) is 5.25. The van der Waals surface area contributed by atoms with Crippen molar-refractivity contribution in [3.05, 3.63) is 24.4 Å². The van der Waals surface area contributed by atoms with Crippen molar-refractivity contribution in [2.45, 2.75) is 30.3 Å². The van der Waals surface area contributed by atoms with Crippen LogP contribution in [0.5, 0.6) is 0 Å². The van der Waals surface area contributed by atoms with Crippen LogP contribution in [0.2, 0.25) is 0 Å². The molecule has 3 rings (SSSR count). The van der Waals surface area contributed by atoms with Gasteiger partial charge in [0, 0.05) is 11.7 Å². The Morgan fingerprint density at radius 3 is 2.79 bits per heavy atom. The lowest BCUT2D eigenvalue weighted by Crippen LogP contribution is -2.35. The van der Waals surface area contributed by atoms with E-state index in [2.05, 4.69) is 15.1 Å². The average molecular weight is 281 g/mol. The number of hydrogen-bond donors (Lipinski definition) is 3. The molecule has 0 bridgehead atoms. The number of fused-ring (bicyclic) bond motifs is 1. The molecular formula is C11H15N5O2S. The SMILES string of the molecule is CC1(NS(=O)(=O)c2c(NN)nc3ccccn23)CC1. The lowest BCUT2D eigenvalue weighted by Gasteiger charge is -2.12. The number of nitrogens with one attached hydrogen (secondary N) is 2. The molecule has 19 heavy (non-hydrogen) atoms. The van der Waals surface area contributed by atoms with Gasteiger partial charge in [0.2, 0.25) is 0 Å². The van der Waals surface area contributed by atoms with Crippen molar-refractivity contribution in [3.63, 3.8) is 0 Å². The fraction of sp³-hybridized carbons (Fsp3) is 0.364. The van der Waals surface area contributed by atoms with E-state index in [1.165, 1.54) is 4.40 Å². The molecule has 0 saturated heterocycles. The van der Waals surface area contributed by atoms with E-state index in [1.807, 2.05) is 6.92 Å². The van der Waals surface area contributed by atoms with Crippen molar-refractivity contribution in [2.24, 2.45) is 5.84 Å². The molecule has 1 aliphatic carbocycles. The Morgan fingerprint density at radius 1 is 1.42 bits per heavy atom. The quantitative estimate of drug-likeness (QED) is 0.558. The van der Waals surface area contributed by atoms with E-state index >= 15 is 0 Å². The van der Waals surface area contributed by atoms with Crippen molar-refractivity contribution < 1.29 is 8.42 Å². The highest BCUT2D eigenvalue weighted by molar-refractivity contribution is 7.89. The summed E-state index contributed by atoms with van der Waals surface area (Å²) in [5.41, 5.74) is 2.53. The van der Waals surface area contributed by atoms with E-state index in [0.717, 1.165) is 12.8 Å². The van der Waals surface area contributed by atoms with E-state index in [9.17, 15) is 8.42 Å². The van der Waals surface area contributed by atoms with Crippen molar-refractivity contribution in [1.29, 1.82) is 0 Å². The highest BCUT2D eigenvalue weighted by atomic mass is 32.2. The minimum Gasteiger partial charge on any atom is -0.306 e. The summed E-state index contributed by atoms with van der Waals surface area (Å²) in [7, 11) is -3.67. The first-order valence-corrected chi connectivity index (χ1v) is 7.41. The highest BCUT2D eigenvalue weighted by Gasteiger charge is 2.42. The molecule has 0 atom stereocenters. The van der Waals surface area contributed by atoms with Crippen LogP contribution in [0.3, 0.4) is 0 Å². The molecular weight excluding hydrogens is 266 g/mol. The molecule has 7 nitrogen and oxygen atoms in total. The van der Waals surface area contributed by atoms with Gasteiger partial charge in [-0.15, -0.1) is 0 Å². The second kappa shape index (κ2) is 3.92. The molecule has 2 aromatic rings. The third-order valence-corrected chi connectivity index (χ3v) is 4.92. The van der Waals surface area contributed by atoms with Gasteiger partial charge in [-0.1, -0.05) is 6.07 Å². The predicted molar refractivity (Wildman–Crippen MR) is 71.0 cm³/mol. The molecule has 1 saturated carbocycles. The van der Waals surface area contributed by atoms with Gasteiger partial charge in [-0.25, -0.2) is 24.0 Å². The van der Waals surface area contributed by atoms with Crippen LogP contribution in [-0.4, -0.2) is 23.3 Å². The normalized spacial score (nSPS) is 17.6. The van der Waals surface area contributed by atoms with Crippen LogP contribution in [0.4, 0.5) is 5.82 Å². The Hall–Kier alpha value is -1.64. The number of pyridine rings is 1. The third kappa shape index (κ3) is 2.07. The van der Waals surface area contributed by atoms with Gasteiger partial charge >= 0.3 is 0 Å². The third-order valence-electron chi connectivity index (χ3n) is 3.26. The summed E-state index contributed by atoms with van der Waals surface area (Å²) in [5.74, 6) is 5.51. The average Bonchev–Trinajstić information content (AvgIpc) is 2.94. The molecule has 1 aliphatic rings. The summed E-state index contributed by atoms with van der Waals surface area (Å²) in [6.45, 7) is 1.88. The second-order valence-corrected chi connectivity index (χ2v) is 6.60. The predicted octanol–water partition coefficient (Wildman–Crippen LogP) is 0.451. The maximum absolute atomic E-state index is 12.5. The maximum atomic E-state index is 12.5. The number of hydrazine groups is 1. The monoisotopic (exact) mass is 281 g/mol. The molecule has 1 fully saturated rings. The zero-order valence-corrected chi connectivity index (χ0v) is 11.2. The van der Waals surface area contributed by atoms with Crippen LogP contribution in [-0.2, 0) is 10.0 Å². The van der Waals surface area contributed by atoms with Crippen LogP contribution in [0, 0.1) is 0 Å². The summed E-state index contributed by atoms with van der Waals surface area (Å²) in [5, 5.41) is 0.0405. The van der Waals surface area contributed by atoms with Gasteiger partial charge in [-0.3, -0.25) is 4.40 Å². The molecule has 0 aliphatic heterocycles. The minimum atomic E-state index is -3.67. The Kier molecular flexibility index (Phi) is 2.56. The van der Waals surface area contributed by atoms with Crippen LogP contribution >= 0.6 is 0 Å². The number of imidazole rings is 1. The maximum Gasteiger partial charge on any atom is 0.260 e. The lowest BCUT2D eigenvalue weighted by molar-refractivity contribution is 0.554. The van der Waals surface area contributed by atoms with Crippen LogP contribution in [0.15, 0.2) is 29.4 Å². The number of hydrogen-bond acceptors (Lipinski definition) is 5. The molecule has 0 amide bonds. The number of nitrogen functional groups attached to an aromatic ring is 1. The van der Waals surface area contributed by atoms with Crippen molar-refractivity contribution >= 4 is 21.5 Å². The van der Waals surface area contributed by atoms with Gasteiger partial charge in [-0.05, 0) is 31.9 Å². The topological polar surface area (TPSA) is 102 Å². The number of nitrogens with two attached hydrogens (primary N) is 1. The lowest BCUT2D eigenvalue weighted by atomic mass is 10.4. The van der Waals surface area contributed by atoms with Crippen LogP contribution < -0.4 is 16.0 Å². The van der Waals surface area contributed by atoms with Gasteiger partial charge in [0.1, 0.15) is 5.65 Å². The first-order chi connectivity index (χ1) is 8.95. The zero-order valence-electron chi connectivity index (χ0n) is 10.4. The second-order valence-electron chi connectivity index (χ2n) is 5.00. The number of anilines is 1. The van der Waals surface area contributed by atoms with E-state index in [-0.39, 0.29) is 16.4 Å². The van der Waals surface area contributed by atoms with Gasteiger partial charge in [0.05, 0.1) is 0 Å². The fourth-order valence-corrected chi connectivity index (χ4v) is 3.71. The molecule has 2 aromatic heterocycles. The van der Waals surface area contributed by atoms with E-state index in [1.54, 1.807) is 24.4 Å². The molecule has 0 unspecified atom stereocenters. The summed E-state index contributed by atoms with van der Waals surface area (Å²) in [4.78, 5) is 4.16. The van der Waals surface area contributed by atoms with Crippen molar-refractivity contribution in [1.82, 2.24) is 14.1 Å². The number of sulfonamides is 1. The van der Waals surface area contributed by atoms with Crippen molar-refractivity contribution in [3.8, 4) is 0 Å². The van der Waals surface area contributed by atoms with Crippen molar-refractivity contribution in [2.75, 3.05) is 5.43 Å². The van der Waals surface area contributed by atoms with Gasteiger partial charge in [0.25, 0.3) is 10.0 Å². The molecule has 0 aromatic carbocycles. The highest BCUT2D eigenvalue weighted by Crippen LogP contribution is 2.36. The number of rotatable bonds is 4. The van der Waals surface area contributed by atoms with E-state index in [0.29, 0.717) is 5.65 Å². The fourth-order valence-electron chi connectivity index (χ4n) is 1.99. The first kappa shape index (κ1) is 12.4. The summed E-state index contributed by atoms with van der Waals surface area (Å²) >= 11 is 0. The summed E-state index contributed by atoms with van der Waals surface area (Å²) < 4.78 is 29.1. The van der Waals surface area contributed by atoms with E-state index in [4.69, 9.17) is 5.84 Å². The molecule has 2 heterocycles. The Balaban J connectivity index is 2.17. The Morgan fingerprint density at radius 2 is 2.16 bits per heavy atom. The zero-order chi connectivity index (χ0) is 13.7. The van der Waals surface area contributed by atoms with Crippen LogP contribution in [0.25, 0.3) is 5.65 Å². The number of nitrogens with zero attached hydrogens (tertiary/aromatic N) is 2. The van der Waals surface area contributed by atoms with Gasteiger partial charge < -0.3 is 5.43 Å². The Labute approximate surface area is 110 Å². The largest absolute Gasteiger partial charge is 0.306 e. The van der Waals surface area contributed by atoms with E-state index < -0.39 is 10.0 Å². The summed E-state index contributed by atoms with van der Waals surface area (Å²) in [6.07, 6.45) is 3.33. The molecule has 8 heteroatoms. The first-order valence-electron chi connectivity index (χ1n) is 5.93. The Bertz CT molecular complexity index is 733. The molecule has 0 spiro atoms. The molecule has 0 radical (unpaired) electrons. The van der Waals surface area contributed by atoms with Crippen LogP contribution in [0.1, 0.15) is 19.8 Å². The van der Waals surface area contributed by atoms with Gasteiger partial charge in [-0.2, -0.15) is 0 Å². The smallest absolute Gasteiger partial charge is 0.260 e. The molecule has 4 N–H and O–H groups in total. The minimum absolute atomic E-state index is 0.0405. The standard InChI is InChI=1S/C11H15N5O2S/c1-11(5-6-11)15-19(17,18)10-9(14-12)13-8-4-2-3-7-16(8)10/h2-4,7,14-15H,5-6,12H2,1H3.